The van der Waals surface area contributed by atoms with Crippen molar-refractivity contribution in [2.45, 2.75) is 32.0 Å². The van der Waals surface area contributed by atoms with Crippen LogP contribution in [0.5, 0.6) is 0 Å². The molecule has 1 heterocycles. The SMILES string of the molecule is CC(C)(O)C(=O)N1CC[C@@H](O)C1. The van der Waals surface area contributed by atoms with Crippen molar-refractivity contribution in [2.24, 2.45) is 0 Å². The number of likely N-dealkylation sites (tertiary alicyclic amines) is 1. The fourth-order valence-corrected chi connectivity index (χ4v) is 1.31. The summed E-state index contributed by atoms with van der Waals surface area (Å²) in [5.41, 5.74) is -1.32. The maximum atomic E-state index is 11.4. The number of carbonyl (C=O) groups is 1. The van der Waals surface area contributed by atoms with Crippen LogP contribution in [0.4, 0.5) is 0 Å². The maximum Gasteiger partial charge on any atom is 0.254 e. The van der Waals surface area contributed by atoms with Crippen molar-refractivity contribution in [1.82, 2.24) is 4.90 Å². The predicted molar refractivity (Wildman–Crippen MR) is 43.5 cm³/mol. The minimum atomic E-state index is -1.32. The average molecular weight is 173 g/mol. The summed E-state index contributed by atoms with van der Waals surface area (Å²) in [4.78, 5) is 12.9. The number of carbonyl (C=O) groups excluding carboxylic acids is 1. The van der Waals surface area contributed by atoms with E-state index < -0.39 is 11.7 Å². The molecule has 1 amide bonds. The van der Waals surface area contributed by atoms with Crippen LogP contribution in [0.25, 0.3) is 0 Å². The van der Waals surface area contributed by atoms with Crippen molar-refractivity contribution in [3.63, 3.8) is 0 Å². The van der Waals surface area contributed by atoms with Gasteiger partial charge in [-0.2, -0.15) is 0 Å². The molecule has 4 heteroatoms. The molecule has 0 bridgehead atoms. The minimum Gasteiger partial charge on any atom is -0.391 e. The normalized spacial score (nSPS) is 24.7. The summed E-state index contributed by atoms with van der Waals surface area (Å²) >= 11 is 0. The van der Waals surface area contributed by atoms with E-state index in [2.05, 4.69) is 0 Å². The first kappa shape index (κ1) is 9.48. The van der Waals surface area contributed by atoms with Gasteiger partial charge in [0.25, 0.3) is 5.91 Å². The van der Waals surface area contributed by atoms with E-state index in [-0.39, 0.29) is 5.91 Å². The fourth-order valence-electron chi connectivity index (χ4n) is 1.31. The van der Waals surface area contributed by atoms with Gasteiger partial charge in [0.15, 0.2) is 0 Å². The molecule has 0 aromatic carbocycles. The lowest BCUT2D eigenvalue weighted by Gasteiger charge is -2.24. The van der Waals surface area contributed by atoms with E-state index in [9.17, 15) is 9.90 Å². The molecule has 70 valence electrons. The molecule has 1 atom stereocenters. The second kappa shape index (κ2) is 3.03. The van der Waals surface area contributed by atoms with Crippen molar-refractivity contribution >= 4 is 5.91 Å². The van der Waals surface area contributed by atoms with Gasteiger partial charge in [0.05, 0.1) is 6.10 Å². The Balaban J connectivity index is 2.55. The van der Waals surface area contributed by atoms with Crippen molar-refractivity contribution < 1.29 is 15.0 Å². The molecule has 0 aromatic rings. The summed E-state index contributed by atoms with van der Waals surface area (Å²) in [5, 5.41) is 18.5. The molecule has 12 heavy (non-hydrogen) atoms. The molecule has 0 radical (unpaired) electrons. The Kier molecular flexibility index (Phi) is 2.39. The third kappa shape index (κ3) is 1.95. The molecule has 1 saturated heterocycles. The fraction of sp³-hybridized carbons (Fsp3) is 0.875. The van der Waals surface area contributed by atoms with E-state index in [4.69, 9.17) is 5.11 Å². The van der Waals surface area contributed by atoms with Gasteiger partial charge in [-0.3, -0.25) is 4.79 Å². The lowest BCUT2D eigenvalue weighted by atomic mass is 10.1. The van der Waals surface area contributed by atoms with Gasteiger partial charge in [0.2, 0.25) is 0 Å². The number of aliphatic hydroxyl groups is 2. The van der Waals surface area contributed by atoms with Crippen LogP contribution >= 0.6 is 0 Å². The second-order valence-corrected chi connectivity index (χ2v) is 3.75. The first-order chi connectivity index (χ1) is 5.41. The van der Waals surface area contributed by atoms with Crippen LogP contribution in [-0.4, -0.2) is 45.8 Å². The van der Waals surface area contributed by atoms with Gasteiger partial charge in [-0.25, -0.2) is 0 Å². The van der Waals surface area contributed by atoms with Gasteiger partial charge >= 0.3 is 0 Å². The average Bonchev–Trinajstić information content (AvgIpc) is 2.32. The monoisotopic (exact) mass is 173 g/mol. The van der Waals surface area contributed by atoms with E-state index in [0.29, 0.717) is 19.5 Å². The zero-order valence-corrected chi connectivity index (χ0v) is 7.45. The highest BCUT2D eigenvalue weighted by molar-refractivity contribution is 5.84. The van der Waals surface area contributed by atoms with Gasteiger partial charge in [0, 0.05) is 13.1 Å². The van der Waals surface area contributed by atoms with Crippen molar-refractivity contribution in [3.05, 3.63) is 0 Å². The van der Waals surface area contributed by atoms with Crippen LogP contribution in [0, 0.1) is 0 Å². The molecular formula is C8H15NO3. The number of hydrogen-bond acceptors (Lipinski definition) is 3. The van der Waals surface area contributed by atoms with Gasteiger partial charge in [-0.1, -0.05) is 0 Å². The first-order valence-electron chi connectivity index (χ1n) is 4.11. The summed E-state index contributed by atoms with van der Waals surface area (Å²) in [5.74, 6) is -0.306. The first-order valence-corrected chi connectivity index (χ1v) is 4.11. The molecule has 0 aromatic heterocycles. The van der Waals surface area contributed by atoms with E-state index in [0.717, 1.165) is 0 Å². The molecule has 1 aliphatic rings. The van der Waals surface area contributed by atoms with Crippen LogP contribution in [-0.2, 0) is 4.79 Å². The van der Waals surface area contributed by atoms with Crippen molar-refractivity contribution in [1.29, 1.82) is 0 Å². The molecule has 1 aliphatic heterocycles. The number of hydrogen-bond donors (Lipinski definition) is 2. The summed E-state index contributed by atoms with van der Waals surface area (Å²) in [6.45, 7) is 3.81. The Morgan fingerprint density at radius 2 is 2.17 bits per heavy atom. The summed E-state index contributed by atoms with van der Waals surface area (Å²) in [7, 11) is 0. The molecule has 4 nitrogen and oxygen atoms in total. The number of aliphatic hydroxyl groups excluding tert-OH is 1. The Hall–Kier alpha value is -0.610. The molecular weight excluding hydrogens is 158 g/mol. The Morgan fingerprint density at radius 1 is 1.58 bits per heavy atom. The van der Waals surface area contributed by atoms with Crippen LogP contribution in [0.1, 0.15) is 20.3 Å². The standard InChI is InChI=1S/C8H15NO3/c1-8(2,12)7(11)9-4-3-6(10)5-9/h6,10,12H,3-5H2,1-2H3/t6-/m1/s1. The van der Waals surface area contributed by atoms with Gasteiger partial charge in [-0.15, -0.1) is 0 Å². The highest BCUT2D eigenvalue weighted by Crippen LogP contribution is 2.14. The molecule has 0 aliphatic carbocycles. The zero-order valence-electron chi connectivity index (χ0n) is 7.45. The highest BCUT2D eigenvalue weighted by Gasteiger charge is 2.33. The number of nitrogens with zero attached hydrogens (tertiary/aromatic N) is 1. The molecule has 0 unspecified atom stereocenters. The van der Waals surface area contributed by atoms with E-state index in [1.54, 1.807) is 0 Å². The predicted octanol–water partition coefficient (Wildman–Crippen LogP) is -0.650. The molecule has 1 rings (SSSR count). The summed E-state index contributed by atoms with van der Waals surface area (Å²) in [6.07, 6.45) is 0.193. The van der Waals surface area contributed by atoms with Crippen LogP contribution < -0.4 is 0 Å². The highest BCUT2D eigenvalue weighted by atomic mass is 16.3. The van der Waals surface area contributed by atoms with Crippen molar-refractivity contribution in [2.75, 3.05) is 13.1 Å². The third-order valence-electron chi connectivity index (χ3n) is 1.97. The summed E-state index contributed by atoms with van der Waals surface area (Å²) < 4.78 is 0. The van der Waals surface area contributed by atoms with Crippen LogP contribution in [0.3, 0.4) is 0 Å². The van der Waals surface area contributed by atoms with Crippen LogP contribution in [0.15, 0.2) is 0 Å². The smallest absolute Gasteiger partial charge is 0.254 e. The Bertz CT molecular complexity index is 185. The Labute approximate surface area is 71.8 Å². The molecule has 0 spiro atoms. The summed E-state index contributed by atoms with van der Waals surface area (Å²) in [6, 6.07) is 0. The second-order valence-electron chi connectivity index (χ2n) is 3.75. The van der Waals surface area contributed by atoms with Crippen molar-refractivity contribution in [3.8, 4) is 0 Å². The number of β-amino-alcohol motifs (C(OH)–C–C–N with tert-alkyl or cyclic N) is 1. The van der Waals surface area contributed by atoms with Crippen LogP contribution in [0.2, 0.25) is 0 Å². The molecule has 0 saturated carbocycles. The Morgan fingerprint density at radius 3 is 2.50 bits per heavy atom. The minimum absolute atomic E-state index is 0.306. The van der Waals surface area contributed by atoms with Gasteiger partial charge < -0.3 is 15.1 Å². The van der Waals surface area contributed by atoms with E-state index in [1.165, 1.54) is 18.7 Å². The maximum absolute atomic E-state index is 11.4. The quantitative estimate of drug-likeness (QED) is 0.554. The number of amides is 1. The molecule has 1 fully saturated rings. The lowest BCUT2D eigenvalue weighted by molar-refractivity contribution is -0.147. The van der Waals surface area contributed by atoms with E-state index >= 15 is 0 Å². The molecule has 2 N–H and O–H groups in total. The third-order valence-corrected chi connectivity index (χ3v) is 1.97. The van der Waals surface area contributed by atoms with E-state index in [1.807, 2.05) is 0 Å². The number of rotatable bonds is 1. The topological polar surface area (TPSA) is 60.8 Å². The largest absolute Gasteiger partial charge is 0.391 e. The van der Waals surface area contributed by atoms with Gasteiger partial charge in [0.1, 0.15) is 5.60 Å². The van der Waals surface area contributed by atoms with Gasteiger partial charge in [-0.05, 0) is 20.3 Å². The lowest BCUT2D eigenvalue weighted by Crippen LogP contribution is -2.44. The zero-order chi connectivity index (χ0) is 9.35.